The molecule has 0 spiro atoms. The van der Waals surface area contributed by atoms with Crippen LogP contribution in [0.25, 0.3) is 0 Å². The lowest BCUT2D eigenvalue weighted by Crippen LogP contribution is -2.47. The normalized spacial score (nSPS) is 15.7. The van der Waals surface area contributed by atoms with E-state index in [9.17, 15) is 19.7 Å². The van der Waals surface area contributed by atoms with E-state index in [1.54, 1.807) is 19.1 Å². The number of carbonyl (C=O) groups is 2. The lowest BCUT2D eigenvalue weighted by molar-refractivity contribution is -0.384. The van der Waals surface area contributed by atoms with Gasteiger partial charge in [-0.2, -0.15) is 0 Å². The Labute approximate surface area is 179 Å². The molecule has 2 amide bonds. The molecule has 9 heteroatoms. The number of rotatable bonds is 7. The minimum atomic E-state index is -0.686. The van der Waals surface area contributed by atoms with Crippen LogP contribution in [0, 0.1) is 24.0 Å². The van der Waals surface area contributed by atoms with E-state index in [2.05, 4.69) is 16.0 Å². The van der Waals surface area contributed by atoms with Crippen LogP contribution in [-0.4, -0.2) is 30.1 Å². The summed E-state index contributed by atoms with van der Waals surface area (Å²) in [4.78, 5) is 35.8. The average molecular weight is 424 g/mol. The van der Waals surface area contributed by atoms with Crippen molar-refractivity contribution in [1.29, 1.82) is 0 Å². The molecule has 1 aliphatic heterocycles. The molecule has 3 rings (SSSR count). The topological polar surface area (TPSA) is 123 Å². The molecule has 0 fully saturated rings. The van der Waals surface area contributed by atoms with E-state index in [1.165, 1.54) is 12.1 Å². The van der Waals surface area contributed by atoms with Crippen LogP contribution in [-0.2, 0) is 9.53 Å². The Morgan fingerprint density at radius 2 is 2.00 bits per heavy atom. The maximum atomic E-state index is 12.9. The second-order valence-electron chi connectivity index (χ2n) is 7.17. The van der Waals surface area contributed by atoms with Gasteiger partial charge in [0.2, 0.25) is 0 Å². The van der Waals surface area contributed by atoms with E-state index < -0.39 is 23.0 Å². The van der Waals surface area contributed by atoms with Crippen LogP contribution in [0.4, 0.5) is 16.2 Å². The lowest BCUT2D eigenvalue weighted by Gasteiger charge is -2.30. The van der Waals surface area contributed by atoms with Crippen LogP contribution in [0.15, 0.2) is 53.7 Å². The smallest absolute Gasteiger partial charge is 0.338 e. The van der Waals surface area contributed by atoms with E-state index in [0.29, 0.717) is 11.4 Å². The van der Waals surface area contributed by atoms with E-state index in [4.69, 9.17) is 4.74 Å². The van der Waals surface area contributed by atoms with Crippen molar-refractivity contribution < 1.29 is 19.2 Å². The highest BCUT2D eigenvalue weighted by Gasteiger charge is 2.34. The van der Waals surface area contributed by atoms with Crippen LogP contribution in [0.2, 0.25) is 0 Å². The van der Waals surface area contributed by atoms with Crippen molar-refractivity contribution >= 4 is 23.4 Å². The van der Waals surface area contributed by atoms with Crippen molar-refractivity contribution in [2.75, 3.05) is 18.5 Å². The first-order valence-electron chi connectivity index (χ1n) is 9.83. The summed E-state index contributed by atoms with van der Waals surface area (Å²) in [7, 11) is 0. The molecule has 0 aliphatic carbocycles. The number of nitro benzene ring substituents is 1. The number of hydrogen-bond donors (Lipinski definition) is 3. The van der Waals surface area contributed by atoms with Gasteiger partial charge in [0.15, 0.2) is 0 Å². The van der Waals surface area contributed by atoms with Crippen LogP contribution < -0.4 is 16.0 Å². The molecule has 1 unspecified atom stereocenters. The van der Waals surface area contributed by atoms with Gasteiger partial charge in [-0.15, -0.1) is 0 Å². The number of nitrogens with one attached hydrogen (secondary N) is 3. The zero-order chi connectivity index (χ0) is 22.5. The zero-order valence-electron chi connectivity index (χ0n) is 17.5. The van der Waals surface area contributed by atoms with Gasteiger partial charge in [0.1, 0.15) is 0 Å². The molecule has 3 N–H and O–H groups in total. The number of carbonyl (C=O) groups excluding carboxylic acids is 2. The molecule has 2 aromatic rings. The Hall–Kier alpha value is -3.88. The molecule has 9 nitrogen and oxygen atoms in total. The summed E-state index contributed by atoms with van der Waals surface area (Å²) in [5.41, 5.74) is 3.77. The molecule has 0 saturated carbocycles. The highest BCUT2D eigenvalue weighted by atomic mass is 16.6. The van der Waals surface area contributed by atoms with Crippen LogP contribution >= 0.6 is 0 Å². The number of aryl methyl sites for hydroxylation is 2. The van der Waals surface area contributed by atoms with Crippen LogP contribution in [0.3, 0.4) is 0 Å². The predicted molar refractivity (Wildman–Crippen MR) is 116 cm³/mol. The number of benzene rings is 2. The van der Waals surface area contributed by atoms with E-state index >= 15 is 0 Å². The summed E-state index contributed by atoms with van der Waals surface area (Å²) < 4.78 is 5.27. The van der Waals surface area contributed by atoms with Crippen molar-refractivity contribution in [2.24, 2.45) is 0 Å². The van der Waals surface area contributed by atoms with E-state index in [1.807, 2.05) is 32.0 Å². The molecule has 2 aromatic carbocycles. The van der Waals surface area contributed by atoms with E-state index in [-0.39, 0.29) is 24.4 Å². The number of anilines is 1. The Kier molecular flexibility index (Phi) is 6.54. The second kappa shape index (κ2) is 9.29. The Morgan fingerprint density at radius 1 is 1.23 bits per heavy atom. The Bertz CT molecular complexity index is 1060. The third-order valence-electron chi connectivity index (χ3n) is 4.92. The largest absolute Gasteiger partial charge is 0.463 e. The van der Waals surface area contributed by atoms with Gasteiger partial charge in [0.05, 0.1) is 35.4 Å². The van der Waals surface area contributed by atoms with Gasteiger partial charge in [-0.1, -0.05) is 29.8 Å². The monoisotopic (exact) mass is 424 g/mol. The minimum absolute atomic E-state index is 0.0628. The second-order valence-corrected chi connectivity index (χ2v) is 7.17. The summed E-state index contributed by atoms with van der Waals surface area (Å²) in [6.45, 7) is 5.81. The number of nitro groups is 1. The molecule has 1 heterocycles. The summed E-state index contributed by atoms with van der Waals surface area (Å²) in [5, 5.41) is 19.6. The van der Waals surface area contributed by atoms with Gasteiger partial charge in [0, 0.05) is 17.8 Å². The molecule has 31 heavy (non-hydrogen) atoms. The van der Waals surface area contributed by atoms with Gasteiger partial charge in [-0.3, -0.25) is 10.1 Å². The van der Waals surface area contributed by atoms with Gasteiger partial charge in [-0.25, -0.2) is 9.59 Å². The number of ether oxygens (including phenoxy) is 1. The lowest BCUT2D eigenvalue weighted by atomic mass is 9.91. The fourth-order valence-corrected chi connectivity index (χ4v) is 3.43. The molecular weight excluding hydrogens is 400 g/mol. The first-order chi connectivity index (χ1) is 14.8. The van der Waals surface area contributed by atoms with Crippen molar-refractivity contribution in [3.63, 3.8) is 0 Å². The molecule has 0 aromatic heterocycles. The number of amides is 2. The van der Waals surface area contributed by atoms with Crippen molar-refractivity contribution in [3.8, 4) is 0 Å². The van der Waals surface area contributed by atoms with Gasteiger partial charge in [-0.05, 0) is 38.0 Å². The highest BCUT2D eigenvalue weighted by Crippen LogP contribution is 2.31. The first-order valence-corrected chi connectivity index (χ1v) is 9.83. The summed E-state index contributed by atoms with van der Waals surface area (Å²) in [5.74, 6) is -0.545. The molecule has 1 aliphatic rings. The molecule has 0 saturated heterocycles. The minimum Gasteiger partial charge on any atom is -0.463 e. The molecular formula is C22H24N4O5. The quantitative estimate of drug-likeness (QED) is 0.355. The Morgan fingerprint density at radius 3 is 2.71 bits per heavy atom. The third-order valence-corrected chi connectivity index (χ3v) is 4.92. The zero-order valence-corrected chi connectivity index (χ0v) is 17.5. The maximum absolute atomic E-state index is 12.9. The summed E-state index contributed by atoms with van der Waals surface area (Å²) in [6, 6.07) is 10.7. The van der Waals surface area contributed by atoms with E-state index in [0.717, 1.165) is 16.7 Å². The SMILES string of the molecule is CCOC(=O)C1=C(CNc2cccc([N+](=O)[O-])c2)NC(=O)NC1c1cc(C)ccc1C. The maximum Gasteiger partial charge on any atom is 0.338 e. The predicted octanol–water partition coefficient (Wildman–Crippen LogP) is 3.49. The molecule has 162 valence electrons. The van der Waals surface area contributed by atoms with Gasteiger partial charge >= 0.3 is 12.0 Å². The average Bonchev–Trinajstić information content (AvgIpc) is 2.73. The third kappa shape index (κ3) is 5.00. The number of non-ortho nitro benzene ring substituents is 1. The standard InChI is InChI=1S/C22H24N4O5/c1-4-31-21(27)19-18(12-23-15-6-5-7-16(11-15)26(29)30)24-22(28)25-20(19)17-10-13(2)8-9-14(17)3/h5-11,20,23H,4,12H2,1-3H3,(H2,24,25,28). The number of nitrogens with zero attached hydrogens (tertiary/aromatic N) is 1. The van der Waals surface area contributed by atoms with Gasteiger partial charge < -0.3 is 20.7 Å². The molecule has 1 atom stereocenters. The number of hydrogen-bond acceptors (Lipinski definition) is 6. The van der Waals surface area contributed by atoms with Crippen LogP contribution in [0.1, 0.15) is 29.7 Å². The van der Waals surface area contributed by atoms with Crippen molar-refractivity contribution in [3.05, 3.63) is 80.5 Å². The summed E-state index contributed by atoms with van der Waals surface area (Å²) in [6.07, 6.45) is 0. The van der Waals surface area contributed by atoms with Crippen LogP contribution in [0.5, 0.6) is 0 Å². The molecule has 0 radical (unpaired) electrons. The molecule has 0 bridgehead atoms. The van der Waals surface area contributed by atoms with Crippen molar-refractivity contribution in [1.82, 2.24) is 10.6 Å². The number of urea groups is 1. The van der Waals surface area contributed by atoms with Gasteiger partial charge in [0.25, 0.3) is 5.69 Å². The number of esters is 1. The van der Waals surface area contributed by atoms with Crippen molar-refractivity contribution in [2.45, 2.75) is 26.8 Å². The fourth-order valence-electron chi connectivity index (χ4n) is 3.43. The summed E-state index contributed by atoms with van der Waals surface area (Å²) >= 11 is 0. The Balaban J connectivity index is 2.00. The first kappa shape index (κ1) is 21.8. The highest BCUT2D eigenvalue weighted by molar-refractivity contribution is 5.95. The fraction of sp³-hybridized carbons (Fsp3) is 0.273.